The number of rotatable bonds is 1. The molecule has 0 aliphatic heterocycles. The number of aromatic carboxylic acids is 1. The van der Waals surface area contributed by atoms with Crippen LogP contribution in [-0.2, 0) is 0 Å². The van der Waals surface area contributed by atoms with Crippen LogP contribution in [0.2, 0.25) is 0 Å². The van der Waals surface area contributed by atoms with Crippen LogP contribution >= 0.6 is 0 Å². The highest BCUT2D eigenvalue weighted by molar-refractivity contribution is 5.92. The summed E-state index contributed by atoms with van der Waals surface area (Å²) in [6.45, 7) is 3.83. The second kappa shape index (κ2) is 3.48. The van der Waals surface area contributed by atoms with E-state index in [4.69, 9.17) is 5.11 Å². The highest BCUT2D eigenvalue weighted by Gasteiger charge is 2.11. The van der Waals surface area contributed by atoms with Gasteiger partial charge in [-0.15, -0.1) is 0 Å². The lowest BCUT2D eigenvalue weighted by molar-refractivity contribution is 0.0695. The minimum atomic E-state index is -1.21. The van der Waals surface area contributed by atoms with Crippen molar-refractivity contribution in [1.82, 2.24) is 4.98 Å². The molecular weight excluding hydrogens is 206 g/mol. The van der Waals surface area contributed by atoms with Crippen molar-refractivity contribution in [1.29, 1.82) is 0 Å². The molecule has 0 bridgehead atoms. The number of benzene rings is 1. The van der Waals surface area contributed by atoms with Crippen molar-refractivity contribution in [3.8, 4) is 0 Å². The van der Waals surface area contributed by atoms with Gasteiger partial charge in [0.1, 0.15) is 5.56 Å². The van der Waals surface area contributed by atoms with E-state index < -0.39 is 11.4 Å². The molecule has 1 heterocycles. The normalized spacial score (nSPS) is 10.6. The van der Waals surface area contributed by atoms with Gasteiger partial charge in [-0.2, -0.15) is 0 Å². The van der Waals surface area contributed by atoms with Crippen LogP contribution < -0.4 is 5.43 Å². The maximum Gasteiger partial charge on any atom is 0.341 e. The van der Waals surface area contributed by atoms with E-state index in [1.54, 1.807) is 6.07 Å². The second-order valence-corrected chi connectivity index (χ2v) is 3.82. The number of carboxylic acid groups (broad SMARTS) is 1. The number of aryl methyl sites for hydroxylation is 2. The number of aromatic nitrogens is 1. The molecule has 0 atom stereocenters. The quantitative estimate of drug-likeness (QED) is 0.765. The Morgan fingerprint density at radius 3 is 2.50 bits per heavy atom. The molecule has 0 saturated carbocycles. The van der Waals surface area contributed by atoms with Crippen molar-refractivity contribution < 1.29 is 9.90 Å². The van der Waals surface area contributed by atoms with Gasteiger partial charge in [0.2, 0.25) is 5.43 Å². The Balaban J connectivity index is 2.90. The fourth-order valence-electron chi connectivity index (χ4n) is 1.64. The average molecular weight is 217 g/mol. The Bertz CT molecular complexity index is 640. The van der Waals surface area contributed by atoms with E-state index in [-0.39, 0.29) is 5.56 Å². The van der Waals surface area contributed by atoms with Crippen molar-refractivity contribution in [3.05, 3.63) is 45.2 Å². The molecule has 0 radical (unpaired) electrons. The first-order chi connectivity index (χ1) is 7.50. The van der Waals surface area contributed by atoms with Crippen LogP contribution in [0.4, 0.5) is 0 Å². The summed E-state index contributed by atoms with van der Waals surface area (Å²) in [5.74, 6) is -1.21. The minimum Gasteiger partial charge on any atom is -0.477 e. The van der Waals surface area contributed by atoms with E-state index >= 15 is 0 Å². The van der Waals surface area contributed by atoms with E-state index in [1.165, 1.54) is 6.20 Å². The molecular formula is C12H11NO3. The van der Waals surface area contributed by atoms with Crippen LogP contribution in [0.5, 0.6) is 0 Å². The molecule has 16 heavy (non-hydrogen) atoms. The van der Waals surface area contributed by atoms with Crippen molar-refractivity contribution in [2.75, 3.05) is 0 Å². The highest BCUT2D eigenvalue weighted by atomic mass is 16.4. The lowest BCUT2D eigenvalue weighted by atomic mass is 10.0. The molecule has 2 aromatic rings. The molecule has 0 fully saturated rings. The number of hydrogen-bond acceptors (Lipinski definition) is 2. The summed E-state index contributed by atoms with van der Waals surface area (Å²) in [6, 6.07) is 3.56. The van der Waals surface area contributed by atoms with Crippen molar-refractivity contribution in [3.63, 3.8) is 0 Å². The standard InChI is InChI=1S/C12H11NO3/c1-6-3-8-10(4-7(6)2)13-5-9(11(8)14)12(15)16/h3-5H,1-2H3,(H,13,14)(H,15,16). The summed E-state index contributed by atoms with van der Waals surface area (Å²) in [7, 11) is 0. The maximum atomic E-state index is 11.8. The summed E-state index contributed by atoms with van der Waals surface area (Å²) in [5, 5.41) is 9.25. The molecule has 2 rings (SSSR count). The Hall–Kier alpha value is -2.10. The van der Waals surface area contributed by atoms with Gasteiger partial charge in [0, 0.05) is 17.1 Å². The van der Waals surface area contributed by atoms with E-state index in [9.17, 15) is 9.59 Å². The third kappa shape index (κ3) is 1.48. The number of nitrogens with one attached hydrogen (secondary N) is 1. The molecule has 0 unspecified atom stereocenters. The van der Waals surface area contributed by atoms with Crippen LogP contribution in [0, 0.1) is 13.8 Å². The molecule has 0 aliphatic carbocycles. The van der Waals surface area contributed by atoms with Gasteiger partial charge in [0.15, 0.2) is 0 Å². The van der Waals surface area contributed by atoms with Gasteiger partial charge in [-0.25, -0.2) is 4.79 Å². The third-order valence-corrected chi connectivity index (χ3v) is 2.73. The predicted molar refractivity (Wildman–Crippen MR) is 61.0 cm³/mol. The molecule has 1 aromatic heterocycles. The first kappa shape index (κ1) is 10.4. The number of hydrogen-bond donors (Lipinski definition) is 2. The Morgan fingerprint density at radius 1 is 1.25 bits per heavy atom. The number of H-pyrrole nitrogens is 1. The molecule has 2 N–H and O–H groups in total. The number of carbonyl (C=O) groups is 1. The number of aromatic amines is 1. The SMILES string of the molecule is Cc1cc2[nH]cc(C(=O)O)c(=O)c2cc1C. The molecule has 4 heteroatoms. The van der Waals surface area contributed by atoms with Gasteiger partial charge >= 0.3 is 5.97 Å². The summed E-state index contributed by atoms with van der Waals surface area (Å²) < 4.78 is 0. The second-order valence-electron chi connectivity index (χ2n) is 3.82. The largest absolute Gasteiger partial charge is 0.477 e. The maximum absolute atomic E-state index is 11.8. The summed E-state index contributed by atoms with van der Waals surface area (Å²) in [5.41, 5.74) is 2.03. The molecule has 0 amide bonds. The molecule has 0 saturated heterocycles. The zero-order valence-electron chi connectivity index (χ0n) is 9.00. The van der Waals surface area contributed by atoms with Crippen LogP contribution in [0.3, 0.4) is 0 Å². The molecule has 4 nitrogen and oxygen atoms in total. The topological polar surface area (TPSA) is 70.2 Å². The van der Waals surface area contributed by atoms with Crippen molar-refractivity contribution >= 4 is 16.9 Å². The summed E-state index contributed by atoms with van der Waals surface area (Å²) in [6.07, 6.45) is 1.24. The Morgan fingerprint density at radius 2 is 1.88 bits per heavy atom. The fourth-order valence-corrected chi connectivity index (χ4v) is 1.64. The van der Waals surface area contributed by atoms with Gasteiger partial charge in [-0.05, 0) is 37.1 Å². The highest BCUT2D eigenvalue weighted by Crippen LogP contribution is 2.14. The van der Waals surface area contributed by atoms with Crippen molar-refractivity contribution in [2.24, 2.45) is 0 Å². The Labute approximate surface area is 91.5 Å². The Kier molecular flexibility index (Phi) is 2.27. The number of fused-ring (bicyclic) bond motifs is 1. The lowest BCUT2D eigenvalue weighted by Gasteiger charge is -2.04. The smallest absolute Gasteiger partial charge is 0.341 e. The minimum absolute atomic E-state index is 0.226. The van der Waals surface area contributed by atoms with Crippen LogP contribution in [0.25, 0.3) is 10.9 Å². The zero-order chi connectivity index (χ0) is 11.9. The summed E-state index contributed by atoms with van der Waals surface area (Å²) >= 11 is 0. The van der Waals surface area contributed by atoms with Gasteiger partial charge in [0.05, 0.1) is 0 Å². The fraction of sp³-hybridized carbons (Fsp3) is 0.167. The van der Waals surface area contributed by atoms with Gasteiger partial charge < -0.3 is 10.1 Å². The predicted octanol–water partition coefficient (Wildman–Crippen LogP) is 1.84. The molecule has 1 aromatic carbocycles. The van der Waals surface area contributed by atoms with Crippen LogP contribution in [0.1, 0.15) is 21.5 Å². The average Bonchev–Trinajstić information content (AvgIpc) is 2.21. The number of pyridine rings is 1. The van der Waals surface area contributed by atoms with Crippen LogP contribution in [-0.4, -0.2) is 16.1 Å². The molecule has 0 aliphatic rings. The molecule has 82 valence electrons. The molecule has 0 spiro atoms. The first-order valence-electron chi connectivity index (χ1n) is 4.86. The van der Waals surface area contributed by atoms with Crippen molar-refractivity contribution in [2.45, 2.75) is 13.8 Å². The van der Waals surface area contributed by atoms with Gasteiger partial charge in [0.25, 0.3) is 0 Å². The van der Waals surface area contributed by atoms with Gasteiger partial charge in [-0.3, -0.25) is 4.79 Å². The van der Waals surface area contributed by atoms with E-state index in [0.717, 1.165) is 11.1 Å². The van der Waals surface area contributed by atoms with E-state index in [2.05, 4.69) is 4.98 Å². The first-order valence-corrected chi connectivity index (χ1v) is 4.86. The zero-order valence-corrected chi connectivity index (χ0v) is 9.00. The van der Waals surface area contributed by atoms with E-state index in [0.29, 0.717) is 10.9 Å². The monoisotopic (exact) mass is 217 g/mol. The third-order valence-electron chi connectivity index (χ3n) is 2.73. The number of carboxylic acids is 1. The summed E-state index contributed by atoms with van der Waals surface area (Å²) in [4.78, 5) is 25.5. The lowest BCUT2D eigenvalue weighted by Crippen LogP contribution is -2.15. The van der Waals surface area contributed by atoms with E-state index in [1.807, 2.05) is 19.9 Å². The van der Waals surface area contributed by atoms with Crippen LogP contribution in [0.15, 0.2) is 23.1 Å². The van der Waals surface area contributed by atoms with Gasteiger partial charge in [-0.1, -0.05) is 0 Å².